The monoisotopic (exact) mass is 531 g/mol. The normalized spacial score (nSPS) is 12.6. The molecule has 2 aromatic rings. The van der Waals surface area contributed by atoms with Crippen LogP contribution in [0.15, 0.2) is 48.5 Å². The van der Waals surface area contributed by atoms with Gasteiger partial charge in [-0.2, -0.15) is 13.2 Å². The summed E-state index contributed by atoms with van der Waals surface area (Å²) >= 11 is 0. The lowest BCUT2D eigenvalue weighted by Gasteiger charge is -2.29. The Kier molecular flexibility index (Phi) is 9.85. The van der Waals surface area contributed by atoms with Crippen molar-refractivity contribution in [2.24, 2.45) is 0 Å². The van der Waals surface area contributed by atoms with Crippen molar-refractivity contribution in [2.45, 2.75) is 45.5 Å². The summed E-state index contributed by atoms with van der Waals surface area (Å²) in [6, 6.07) is 8.50. The largest absolute Gasteiger partial charge is 0.416 e. The Labute approximate surface area is 208 Å². The van der Waals surface area contributed by atoms with E-state index in [1.807, 2.05) is 0 Å². The number of halogens is 4. The second-order valence-corrected chi connectivity index (χ2v) is 10.1. The lowest BCUT2D eigenvalue weighted by atomic mass is 10.1. The van der Waals surface area contributed by atoms with Crippen molar-refractivity contribution in [2.75, 3.05) is 23.7 Å². The third-order valence-electron chi connectivity index (χ3n) is 5.40. The van der Waals surface area contributed by atoms with Crippen molar-refractivity contribution in [1.29, 1.82) is 0 Å². The van der Waals surface area contributed by atoms with Gasteiger partial charge >= 0.3 is 6.18 Å². The first-order valence-electron chi connectivity index (χ1n) is 11.2. The smallest absolute Gasteiger partial charge is 0.355 e. The van der Waals surface area contributed by atoms with Gasteiger partial charge in [0.2, 0.25) is 21.8 Å². The number of sulfonamides is 1. The fraction of sp³-hybridized carbons (Fsp3) is 0.417. The van der Waals surface area contributed by atoms with Crippen molar-refractivity contribution in [3.05, 3.63) is 65.5 Å². The van der Waals surface area contributed by atoms with Gasteiger partial charge in [-0.25, -0.2) is 12.8 Å². The molecule has 198 valence electrons. The van der Waals surface area contributed by atoms with Gasteiger partial charge in [-0.15, -0.1) is 0 Å². The molecule has 0 bridgehead atoms. The quantitative estimate of drug-likeness (QED) is 0.445. The highest BCUT2D eigenvalue weighted by atomic mass is 32.2. The van der Waals surface area contributed by atoms with Crippen molar-refractivity contribution in [3.8, 4) is 0 Å². The van der Waals surface area contributed by atoms with Gasteiger partial charge in [0.15, 0.2) is 0 Å². The highest BCUT2D eigenvalue weighted by Crippen LogP contribution is 2.32. The molecular formula is C24H29F4N3O4S. The number of rotatable bonds is 11. The maximum Gasteiger partial charge on any atom is 0.416 e. The van der Waals surface area contributed by atoms with Crippen LogP contribution in [0.5, 0.6) is 0 Å². The third-order valence-corrected chi connectivity index (χ3v) is 6.59. The lowest BCUT2D eigenvalue weighted by molar-refractivity contribution is -0.140. The fourth-order valence-corrected chi connectivity index (χ4v) is 4.49. The highest BCUT2D eigenvalue weighted by Gasteiger charge is 2.32. The van der Waals surface area contributed by atoms with Crippen LogP contribution in [0.2, 0.25) is 0 Å². The maximum atomic E-state index is 13.3. The topological polar surface area (TPSA) is 86.8 Å². The number of hydrogen-bond acceptors (Lipinski definition) is 4. The second-order valence-electron chi connectivity index (χ2n) is 8.21. The number of hydrogen-bond donors (Lipinski definition) is 1. The Bertz CT molecular complexity index is 1150. The number of amides is 2. The van der Waals surface area contributed by atoms with E-state index in [-0.39, 0.29) is 31.6 Å². The van der Waals surface area contributed by atoms with E-state index in [4.69, 9.17) is 0 Å². The van der Waals surface area contributed by atoms with Gasteiger partial charge in [-0.1, -0.05) is 18.2 Å². The summed E-state index contributed by atoms with van der Waals surface area (Å²) in [7, 11) is -3.95. The summed E-state index contributed by atoms with van der Waals surface area (Å²) in [5.41, 5.74) is -0.577. The van der Waals surface area contributed by atoms with Crippen LogP contribution in [-0.2, 0) is 32.3 Å². The summed E-state index contributed by atoms with van der Waals surface area (Å²) in [4.78, 5) is 26.8. The van der Waals surface area contributed by atoms with Crippen LogP contribution in [-0.4, -0.2) is 50.5 Å². The van der Waals surface area contributed by atoms with Gasteiger partial charge in [0.25, 0.3) is 0 Å². The van der Waals surface area contributed by atoms with Gasteiger partial charge in [0.1, 0.15) is 11.9 Å². The van der Waals surface area contributed by atoms with E-state index < -0.39 is 45.4 Å². The fourth-order valence-electron chi connectivity index (χ4n) is 3.53. The number of nitrogens with one attached hydrogen (secondary N) is 1. The molecule has 0 aliphatic carbocycles. The molecule has 0 aliphatic rings. The van der Waals surface area contributed by atoms with E-state index in [2.05, 4.69) is 5.32 Å². The zero-order chi connectivity index (χ0) is 27.1. The zero-order valence-corrected chi connectivity index (χ0v) is 21.0. The average Bonchev–Trinajstić information content (AvgIpc) is 2.79. The number of benzene rings is 2. The average molecular weight is 532 g/mol. The van der Waals surface area contributed by atoms with E-state index in [1.165, 1.54) is 42.2 Å². The van der Waals surface area contributed by atoms with Crippen LogP contribution in [0.4, 0.5) is 23.2 Å². The number of nitrogens with zero attached hydrogens (tertiary/aromatic N) is 2. The summed E-state index contributed by atoms with van der Waals surface area (Å²) in [5.74, 6) is -1.31. The molecule has 0 unspecified atom stereocenters. The molecule has 0 aromatic heterocycles. The van der Waals surface area contributed by atoms with Crippen molar-refractivity contribution >= 4 is 27.5 Å². The molecule has 0 heterocycles. The van der Waals surface area contributed by atoms with Crippen LogP contribution in [0.3, 0.4) is 0 Å². The maximum absolute atomic E-state index is 13.3. The molecule has 1 atom stereocenters. The highest BCUT2D eigenvalue weighted by molar-refractivity contribution is 7.92. The summed E-state index contributed by atoms with van der Waals surface area (Å²) in [5, 5.41) is 2.64. The number of likely N-dealkylation sites (N-methyl/N-ethyl adjacent to an activating group) is 1. The number of alkyl halides is 3. The molecule has 0 aliphatic heterocycles. The Morgan fingerprint density at radius 2 is 1.72 bits per heavy atom. The molecule has 36 heavy (non-hydrogen) atoms. The molecule has 0 radical (unpaired) electrons. The van der Waals surface area contributed by atoms with Crippen molar-refractivity contribution in [3.63, 3.8) is 0 Å². The molecule has 2 rings (SSSR count). The third kappa shape index (κ3) is 8.21. The molecule has 0 spiro atoms. The van der Waals surface area contributed by atoms with E-state index in [9.17, 15) is 35.6 Å². The zero-order valence-electron chi connectivity index (χ0n) is 20.2. The first kappa shape index (κ1) is 29.1. The Morgan fingerprint density at radius 3 is 2.28 bits per heavy atom. The van der Waals surface area contributed by atoms with Crippen molar-refractivity contribution < 1.29 is 35.6 Å². The summed E-state index contributed by atoms with van der Waals surface area (Å²) in [6.45, 7) is 3.39. The Balaban J connectivity index is 2.19. The van der Waals surface area contributed by atoms with E-state index in [1.54, 1.807) is 6.92 Å². The van der Waals surface area contributed by atoms with Gasteiger partial charge in [-0.3, -0.25) is 13.9 Å². The molecule has 1 N–H and O–H groups in total. The minimum absolute atomic E-state index is 0.00974. The van der Waals surface area contributed by atoms with Crippen LogP contribution >= 0.6 is 0 Å². The van der Waals surface area contributed by atoms with Crippen LogP contribution in [0.1, 0.15) is 37.8 Å². The predicted octanol–water partition coefficient (Wildman–Crippen LogP) is 3.94. The minimum atomic E-state index is -4.65. The van der Waals surface area contributed by atoms with Crippen LogP contribution in [0.25, 0.3) is 0 Å². The molecule has 12 heteroatoms. The molecule has 0 fully saturated rings. The predicted molar refractivity (Wildman–Crippen MR) is 128 cm³/mol. The van der Waals surface area contributed by atoms with Gasteiger partial charge < -0.3 is 10.2 Å². The van der Waals surface area contributed by atoms with Gasteiger partial charge in [0, 0.05) is 26.1 Å². The van der Waals surface area contributed by atoms with Crippen molar-refractivity contribution in [1.82, 2.24) is 10.2 Å². The van der Waals surface area contributed by atoms with Crippen LogP contribution < -0.4 is 9.62 Å². The summed E-state index contributed by atoms with van der Waals surface area (Å²) in [6.07, 6.45) is -3.96. The van der Waals surface area contributed by atoms with Crippen LogP contribution in [0, 0.1) is 5.82 Å². The van der Waals surface area contributed by atoms with E-state index in [0.717, 1.165) is 28.8 Å². The molecular weight excluding hydrogens is 502 g/mol. The minimum Gasteiger partial charge on any atom is -0.355 e. The van der Waals surface area contributed by atoms with Gasteiger partial charge in [0.05, 0.1) is 17.5 Å². The molecule has 0 saturated heterocycles. The number of carbonyl (C=O) groups is 2. The molecule has 2 aromatic carbocycles. The molecule has 2 amide bonds. The summed E-state index contributed by atoms with van der Waals surface area (Å²) < 4.78 is 78.0. The molecule has 7 nitrogen and oxygen atoms in total. The standard InChI is InChI=1S/C24H29F4N3O4S/c1-4-29-23(33)17(2)30(16-18-10-12-20(25)13-11-18)22(32)9-6-14-31(36(3,34)35)21-8-5-7-19(15-21)24(26,27)28/h5,7-8,10-13,15,17H,4,6,9,14,16H2,1-3H3,(H,29,33)/t17-/m1/s1. The number of carbonyl (C=O) groups excluding carboxylic acids is 2. The lowest BCUT2D eigenvalue weighted by Crippen LogP contribution is -2.47. The Morgan fingerprint density at radius 1 is 1.08 bits per heavy atom. The second kappa shape index (κ2) is 12.2. The van der Waals surface area contributed by atoms with E-state index in [0.29, 0.717) is 12.1 Å². The first-order valence-corrected chi connectivity index (χ1v) is 13.1. The number of anilines is 1. The van der Waals surface area contributed by atoms with Gasteiger partial charge in [-0.05, 0) is 56.2 Å². The first-order chi connectivity index (χ1) is 16.7. The van der Waals surface area contributed by atoms with E-state index >= 15 is 0 Å². The SMILES string of the molecule is CCNC(=O)[C@@H](C)N(Cc1ccc(F)cc1)C(=O)CCCN(c1cccc(C(F)(F)F)c1)S(C)(=O)=O. The molecule has 0 saturated carbocycles. The Hall–Kier alpha value is -3.15.